The maximum absolute atomic E-state index is 6.01. The van der Waals surface area contributed by atoms with Crippen molar-refractivity contribution >= 4 is 0 Å². The van der Waals surface area contributed by atoms with Gasteiger partial charge in [0.2, 0.25) is 0 Å². The summed E-state index contributed by atoms with van der Waals surface area (Å²) in [5, 5.41) is 3.64. The van der Waals surface area contributed by atoms with Crippen LogP contribution in [0.3, 0.4) is 0 Å². The molecule has 0 spiro atoms. The number of nitrogens with one attached hydrogen (secondary N) is 1. The van der Waals surface area contributed by atoms with E-state index < -0.39 is 0 Å². The predicted octanol–water partition coefficient (Wildman–Crippen LogP) is 3.00. The van der Waals surface area contributed by atoms with Crippen LogP contribution in [0.1, 0.15) is 55.4 Å². The van der Waals surface area contributed by atoms with Gasteiger partial charge in [-0.15, -0.1) is 0 Å². The number of hydrogen-bond donors (Lipinski definition) is 1. The summed E-state index contributed by atoms with van der Waals surface area (Å²) >= 11 is 0. The Morgan fingerprint density at radius 1 is 0.750 bits per heavy atom. The second-order valence-electron chi connectivity index (χ2n) is 7.33. The molecular formula is C16H35NO3. The van der Waals surface area contributed by atoms with Crippen LogP contribution in [0.2, 0.25) is 0 Å². The Bertz CT molecular complexity index is 245. The molecule has 0 aliphatic heterocycles. The van der Waals surface area contributed by atoms with Crippen molar-refractivity contribution in [3.63, 3.8) is 0 Å². The van der Waals surface area contributed by atoms with E-state index in [-0.39, 0.29) is 16.7 Å². The van der Waals surface area contributed by atoms with Crippen LogP contribution < -0.4 is 5.32 Å². The summed E-state index contributed by atoms with van der Waals surface area (Å²) in [6.07, 6.45) is 0. The lowest BCUT2D eigenvalue weighted by molar-refractivity contribution is -0.0873. The maximum atomic E-state index is 6.01. The van der Waals surface area contributed by atoms with E-state index in [9.17, 15) is 0 Å². The summed E-state index contributed by atoms with van der Waals surface area (Å²) in [6, 6.07) is 0. The molecule has 0 atom stereocenters. The van der Waals surface area contributed by atoms with Gasteiger partial charge in [0, 0.05) is 18.8 Å². The molecule has 0 radical (unpaired) electrons. The third kappa shape index (κ3) is 9.70. The van der Waals surface area contributed by atoms with Crippen LogP contribution in [0.15, 0.2) is 0 Å². The summed E-state index contributed by atoms with van der Waals surface area (Å²) in [7, 11) is 0. The minimum Gasteiger partial charge on any atom is -0.380 e. The molecule has 4 nitrogen and oxygen atoms in total. The first-order valence-corrected chi connectivity index (χ1v) is 7.62. The monoisotopic (exact) mass is 289 g/mol. The second-order valence-corrected chi connectivity index (χ2v) is 7.33. The van der Waals surface area contributed by atoms with E-state index in [0.29, 0.717) is 33.0 Å². The van der Waals surface area contributed by atoms with Gasteiger partial charge < -0.3 is 19.5 Å². The molecule has 0 saturated heterocycles. The highest BCUT2D eigenvalue weighted by atomic mass is 16.5. The molecule has 0 aromatic rings. The highest BCUT2D eigenvalue weighted by molar-refractivity contribution is 4.94. The fourth-order valence-electron chi connectivity index (χ4n) is 1.98. The van der Waals surface area contributed by atoms with E-state index in [0.717, 1.165) is 0 Å². The molecule has 0 bridgehead atoms. The fourth-order valence-corrected chi connectivity index (χ4v) is 1.98. The Kier molecular flexibility index (Phi) is 8.26. The van der Waals surface area contributed by atoms with E-state index in [1.54, 1.807) is 0 Å². The molecule has 0 aromatic heterocycles. The van der Waals surface area contributed by atoms with Gasteiger partial charge in [-0.25, -0.2) is 0 Å². The van der Waals surface area contributed by atoms with Crippen molar-refractivity contribution in [1.82, 2.24) is 5.32 Å². The van der Waals surface area contributed by atoms with E-state index >= 15 is 0 Å². The van der Waals surface area contributed by atoms with Crippen LogP contribution in [0.5, 0.6) is 0 Å². The van der Waals surface area contributed by atoms with Crippen molar-refractivity contribution in [3.8, 4) is 0 Å². The van der Waals surface area contributed by atoms with Gasteiger partial charge in [-0.3, -0.25) is 0 Å². The van der Waals surface area contributed by atoms with Crippen LogP contribution in [0.25, 0.3) is 0 Å². The minimum absolute atomic E-state index is 0.0323. The van der Waals surface area contributed by atoms with Crippen LogP contribution in [-0.4, -0.2) is 49.7 Å². The van der Waals surface area contributed by atoms with Gasteiger partial charge in [-0.1, -0.05) is 0 Å². The van der Waals surface area contributed by atoms with Gasteiger partial charge in [-0.2, -0.15) is 0 Å². The topological polar surface area (TPSA) is 39.7 Å². The highest BCUT2D eigenvalue weighted by Crippen LogP contribution is 2.18. The zero-order valence-electron chi connectivity index (χ0n) is 14.8. The minimum atomic E-state index is -0.322. The van der Waals surface area contributed by atoms with Crippen molar-refractivity contribution in [2.24, 2.45) is 0 Å². The van der Waals surface area contributed by atoms with Gasteiger partial charge in [0.25, 0.3) is 0 Å². The second kappa shape index (κ2) is 8.32. The summed E-state index contributed by atoms with van der Waals surface area (Å²) in [5.41, 5.74) is -0.532. The standard InChI is InChI=1S/C16H35NO3/c1-9-18-11-16(12-19-10-2,17-14(3,4)5)13-20-15(6,7)8/h17H,9-13H2,1-8H3. The smallest absolute Gasteiger partial charge is 0.0894 e. The maximum Gasteiger partial charge on any atom is 0.0894 e. The Labute approximate surface area is 125 Å². The van der Waals surface area contributed by atoms with Crippen molar-refractivity contribution < 1.29 is 14.2 Å². The summed E-state index contributed by atoms with van der Waals surface area (Å²) in [4.78, 5) is 0. The molecule has 0 heterocycles. The van der Waals surface area contributed by atoms with Crippen LogP contribution in [-0.2, 0) is 14.2 Å². The molecule has 122 valence electrons. The Morgan fingerprint density at radius 3 is 1.50 bits per heavy atom. The molecule has 4 heteroatoms. The lowest BCUT2D eigenvalue weighted by atomic mass is 9.96. The zero-order chi connectivity index (χ0) is 15.9. The van der Waals surface area contributed by atoms with Crippen LogP contribution >= 0.6 is 0 Å². The molecule has 0 fully saturated rings. The molecule has 20 heavy (non-hydrogen) atoms. The van der Waals surface area contributed by atoms with Gasteiger partial charge in [0.05, 0.1) is 31.0 Å². The summed E-state index contributed by atoms with van der Waals surface area (Å²) in [6.45, 7) is 19.8. The van der Waals surface area contributed by atoms with Crippen LogP contribution in [0.4, 0.5) is 0 Å². The summed E-state index contributed by atoms with van der Waals surface area (Å²) in [5.74, 6) is 0. The Balaban J connectivity index is 4.97. The quantitative estimate of drug-likeness (QED) is 0.708. The number of ether oxygens (including phenoxy) is 3. The normalized spacial score (nSPS) is 13.8. The first-order valence-electron chi connectivity index (χ1n) is 7.62. The lowest BCUT2D eigenvalue weighted by Crippen LogP contribution is -2.62. The fraction of sp³-hybridized carbons (Fsp3) is 1.00. The van der Waals surface area contributed by atoms with Crippen molar-refractivity contribution in [2.45, 2.75) is 72.1 Å². The predicted molar refractivity (Wildman–Crippen MR) is 84.3 cm³/mol. The largest absolute Gasteiger partial charge is 0.380 e. The number of rotatable bonds is 9. The third-order valence-corrected chi connectivity index (χ3v) is 2.59. The van der Waals surface area contributed by atoms with Gasteiger partial charge in [0.15, 0.2) is 0 Å². The first kappa shape index (κ1) is 19.8. The molecule has 0 aromatic carbocycles. The van der Waals surface area contributed by atoms with Gasteiger partial charge in [-0.05, 0) is 55.4 Å². The average Bonchev–Trinajstić information content (AvgIpc) is 2.28. The van der Waals surface area contributed by atoms with E-state index in [1.165, 1.54) is 0 Å². The first-order chi connectivity index (χ1) is 9.04. The van der Waals surface area contributed by atoms with E-state index in [4.69, 9.17) is 14.2 Å². The summed E-state index contributed by atoms with van der Waals surface area (Å²) < 4.78 is 17.4. The van der Waals surface area contributed by atoms with Gasteiger partial charge in [0.1, 0.15) is 0 Å². The van der Waals surface area contributed by atoms with Crippen molar-refractivity contribution in [1.29, 1.82) is 0 Å². The molecule has 0 rings (SSSR count). The lowest BCUT2D eigenvalue weighted by Gasteiger charge is -2.41. The Hall–Kier alpha value is -0.160. The molecular weight excluding hydrogens is 254 g/mol. The Morgan fingerprint density at radius 2 is 1.20 bits per heavy atom. The molecule has 0 aliphatic carbocycles. The van der Waals surface area contributed by atoms with E-state index in [2.05, 4.69) is 46.9 Å². The van der Waals surface area contributed by atoms with Gasteiger partial charge >= 0.3 is 0 Å². The SMILES string of the molecule is CCOCC(COCC)(COC(C)(C)C)NC(C)(C)C. The molecule has 0 unspecified atom stereocenters. The van der Waals surface area contributed by atoms with Crippen molar-refractivity contribution in [3.05, 3.63) is 0 Å². The molecule has 0 saturated carbocycles. The van der Waals surface area contributed by atoms with Crippen molar-refractivity contribution in [2.75, 3.05) is 33.0 Å². The van der Waals surface area contributed by atoms with E-state index in [1.807, 2.05) is 13.8 Å². The third-order valence-electron chi connectivity index (χ3n) is 2.59. The molecule has 0 aliphatic rings. The number of hydrogen-bond acceptors (Lipinski definition) is 4. The zero-order valence-corrected chi connectivity index (χ0v) is 14.8. The van der Waals surface area contributed by atoms with Crippen LogP contribution in [0, 0.1) is 0 Å². The molecule has 1 N–H and O–H groups in total. The highest BCUT2D eigenvalue weighted by Gasteiger charge is 2.36. The average molecular weight is 289 g/mol. The molecule has 0 amide bonds.